The summed E-state index contributed by atoms with van der Waals surface area (Å²) in [6.45, 7) is 1.96. The second kappa shape index (κ2) is 7.27. The third kappa shape index (κ3) is 4.14. The SMILES string of the molecule is COCCN(CCC#N)c1cccc(C#N)c1. The summed E-state index contributed by atoms with van der Waals surface area (Å²) >= 11 is 0. The summed E-state index contributed by atoms with van der Waals surface area (Å²) in [7, 11) is 1.65. The van der Waals surface area contributed by atoms with Gasteiger partial charge in [0.15, 0.2) is 0 Å². The molecule has 4 nitrogen and oxygen atoms in total. The van der Waals surface area contributed by atoms with Gasteiger partial charge in [0, 0.05) is 25.9 Å². The average molecular weight is 229 g/mol. The van der Waals surface area contributed by atoms with Crippen molar-refractivity contribution in [3.05, 3.63) is 29.8 Å². The highest BCUT2D eigenvalue weighted by Crippen LogP contribution is 2.16. The molecule has 0 radical (unpaired) electrons. The Morgan fingerprint density at radius 1 is 1.29 bits per heavy atom. The molecule has 0 saturated heterocycles. The monoisotopic (exact) mass is 229 g/mol. The van der Waals surface area contributed by atoms with Crippen LogP contribution >= 0.6 is 0 Å². The summed E-state index contributed by atoms with van der Waals surface area (Å²) < 4.78 is 5.04. The molecule has 0 heterocycles. The molecule has 4 heteroatoms. The molecule has 17 heavy (non-hydrogen) atoms. The molecule has 0 amide bonds. The van der Waals surface area contributed by atoms with Gasteiger partial charge in [0.2, 0.25) is 0 Å². The van der Waals surface area contributed by atoms with Gasteiger partial charge in [-0.3, -0.25) is 0 Å². The van der Waals surface area contributed by atoms with E-state index in [0.717, 1.165) is 5.69 Å². The highest BCUT2D eigenvalue weighted by atomic mass is 16.5. The molecule has 1 aromatic rings. The molecule has 0 aliphatic carbocycles. The van der Waals surface area contributed by atoms with Gasteiger partial charge < -0.3 is 9.64 Å². The van der Waals surface area contributed by atoms with Crippen molar-refractivity contribution < 1.29 is 4.74 Å². The predicted octanol–water partition coefficient (Wildman–Crippen LogP) is 1.92. The molecule has 0 aliphatic rings. The van der Waals surface area contributed by atoms with Crippen LogP contribution in [0.3, 0.4) is 0 Å². The molecule has 1 aromatic carbocycles. The quantitative estimate of drug-likeness (QED) is 0.747. The number of anilines is 1. The molecule has 0 bridgehead atoms. The minimum Gasteiger partial charge on any atom is -0.383 e. The Morgan fingerprint density at radius 3 is 2.76 bits per heavy atom. The van der Waals surface area contributed by atoms with Crippen LogP contribution in [0, 0.1) is 22.7 Å². The molecular formula is C13H15N3O. The Morgan fingerprint density at radius 2 is 2.12 bits per heavy atom. The maximum Gasteiger partial charge on any atom is 0.0992 e. The molecule has 1 rings (SSSR count). The second-order valence-corrected chi connectivity index (χ2v) is 3.55. The minimum atomic E-state index is 0.459. The lowest BCUT2D eigenvalue weighted by Gasteiger charge is -2.23. The van der Waals surface area contributed by atoms with E-state index in [2.05, 4.69) is 12.1 Å². The van der Waals surface area contributed by atoms with Gasteiger partial charge in [-0.05, 0) is 18.2 Å². The topological polar surface area (TPSA) is 60.0 Å². The van der Waals surface area contributed by atoms with Crippen molar-refractivity contribution in [3.8, 4) is 12.1 Å². The van der Waals surface area contributed by atoms with E-state index < -0.39 is 0 Å². The van der Waals surface area contributed by atoms with Crippen LogP contribution in [0.25, 0.3) is 0 Å². The highest BCUT2D eigenvalue weighted by molar-refractivity contribution is 5.51. The number of ether oxygens (including phenoxy) is 1. The van der Waals surface area contributed by atoms with Crippen molar-refractivity contribution in [2.75, 3.05) is 31.7 Å². The van der Waals surface area contributed by atoms with E-state index in [4.69, 9.17) is 15.3 Å². The summed E-state index contributed by atoms with van der Waals surface area (Å²) in [5.41, 5.74) is 1.58. The van der Waals surface area contributed by atoms with Crippen molar-refractivity contribution in [3.63, 3.8) is 0 Å². The van der Waals surface area contributed by atoms with Crippen molar-refractivity contribution in [1.82, 2.24) is 0 Å². The Kier molecular flexibility index (Phi) is 5.57. The lowest BCUT2D eigenvalue weighted by Crippen LogP contribution is -2.28. The third-order valence-corrected chi connectivity index (χ3v) is 2.40. The van der Waals surface area contributed by atoms with Gasteiger partial charge in [-0.2, -0.15) is 10.5 Å². The lowest BCUT2D eigenvalue weighted by molar-refractivity contribution is 0.205. The van der Waals surface area contributed by atoms with E-state index in [1.165, 1.54) is 0 Å². The fourth-order valence-electron chi connectivity index (χ4n) is 1.53. The molecule has 0 aliphatic heterocycles. The van der Waals surface area contributed by atoms with E-state index in [9.17, 15) is 0 Å². The molecule has 0 saturated carbocycles. The van der Waals surface area contributed by atoms with Crippen LogP contribution in [0.15, 0.2) is 24.3 Å². The zero-order valence-electron chi connectivity index (χ0n) is 9.89. The minimum absolute atomic E-state index is 0.459. The number of methoxy groups -OCH3 is 1. The maximum absolute atomic E-state index is 8.85. The van der Waals surface area contributed by atoms with Crippen LogP contribution in [-0.2, 0) is 4.74 Å². The summed E-state index contributed by atoms with van der Waals surface area (Å²) in [5, 5.41) is 17.5. The first-order chi connectivity index (χ1) is 8.31. The second-order valence-electron chi connectivity index (χ2n) is 3.55. The van der Waals surface area contributed by atoms with Gasteiger partial charge in [-0.25, -0.2) is 0 Å². The molecule has 0 spiro atoms. The van der Waals surface area contributed by atoms with E-state index in [0.29, 0.717) is 31.7 Å². The van der Waals surface area contributed by atoms with Crippen LogP contribution in [0.5, 0.6) is 0 Å². The van der Waals surface area contributed by atoms with Crippen LogP contribution in [0.2, 0.25) is 0 Å². The van der Waals surface area contributed by atoms with Crippen molar-refractivity contribution in [1.29, 1.82) is 10.5 Å². The summed E-state index contributed by atoms with van der Waals surface area (Å²) in [6, 6.07) is 11.6. The molecule has 0 fully saturated rings. The zero-order valence-corrected chi connectivity index (χ0v) is 9.89. The lowest BCUT2D eigenvalue weighted by atomic mass is 10.2. The maximum atomic E-state index is 8.85. The van der Waals surface area contributed by atoms with Gasteiger partial charge in [-0.15, -0.1) is 0 Å². The number of rotatable bonds is 6. The first-order valence-electron chi connectivity index (χ1n) is 5.43. The van der Waals surface area contributed by atoms with Crippen LogP contribution < -0.4 is 4.90 Å². The summed E-state index contributed by atoms with van der Waals surface area (Å²) in [4.78, 5) is 2.05. The van der Waals surface area contributed by atoms with Gasteiger partial charge in [0.05, 0.1) is 30.7 Å². The molecule has 0 N–H and O–H groups in total. The Balaban J connectivity index is 2.80. The molecule has 0 unspecified atom stereocenters. The highest BCUT2D eigenvalue weighted by Gasteiger charge is 2.06. The molecule has 0 atom stereocenters. The van der Waals surface area contributed by atoms with Crippen molar-refractivity contribution >= 4 is 5.69 Å². The number of hydrogen-bond donors (Lipinski definition) is 0. The normalized spacial score (nSPS) is 9.35. The van der Waals surface area contributed by atoms with E-state index >= 15 is 0 Å². The Hall–Kier alpha value is -2.04. The molecule has 0 aromatic heterocycles. The van der Waals surface area contributed by atoms with Crippen LogP contribution in [0.1, 0.15) is 12.0 Å². The van der Waals surface area contributed by atoms with Gasteiger partial charge >= 0.3 is 0 Å². The van der Waals surface area contributed by atoms with Crippen LogP contribution in [-0.4, -0.2) is 26.8 Å². The largest absolute Gasteiger partial charge is 0.383 e. The Labute approximate surface area is 102 Å². The zero-order chi connectivity index (χ0) is 12.5. The molecule has 88 valence electrons. The average Bonchev–Trinajstić information content (AvgIpc) is 2.39. The first kappa shape index (κ1) is 13.0. The number of benzene rings is 1. The standard InChI is InChI=1S/C13H15N3O/c1-17-9-8-16(7-3-6-14)13-5-2-4-12(10-13)11-15/h2,4-5,10H,3,7-9H2,1H3. The predicted molar refractivity (Wildman–Crippen MR) is 65.5 cm³/mol. The third-order valence-electron chi connectivity index (χ3n) is 2.40. The Bertz CT molecular complexity index is 431. The number of hydrogen-bond acceptors (Lipinski definition) is 4. The van der Waals surface area contributed by atoms with Gasteiger partial charge in [0.1, 0.15) is 0 Å². The van der Waals surface area contributed by atoms with E-state index in [1.54, 1.807) is 13.2 Å². The van der Waals surface area contributed by atoms with E-state index in [1.807, 2.05) is 23.1 Å². The van der Waals surface area contributed by atoms with Crippen LogP contribution in [0.4, 0.5) is 5.69 Å². The molecular weight excluding hydrogens is 214 g/mol. The fraction of sp³-hybridized carbons (Fsp3) is 0.385. The van der Waals surface area contributed by atoms with Crippen molar-refractivity contribution in [2.24, 2.45) is 0 Å². The fourth-order valence-corrected chi connectivity index (χ4v) is 1.53. The van der Waals surface area contributed by atoms with Gasteiger partial charge in [0.25, 0.3) is 0 Å². The number of nitriles is 2. The van der Waals surface area contributed by atoms with Crippen molar-refractivity contribution in [2.45, 2.75) is 6.42 Å². The number of nitrogens with zero attached hydrogens (tertiary/aromatic N) is 3. The summed E-state index contributed by atoms with van der Waals surface area (Å²) in [5.74, 6) is 0. The summed E-state index contributed by atoms with van der Waals surface area (Å²) in [6.07, 6.45) is 0.459. The van der Waals surface area contributed by atoms with Gasteiger partial charge in [-0.1, -0.05) is 6.07 Å². The van der Waals surface area contributed by atoms with E-state index in [-0.39, 0.29) is 0 Å². The smallest absolute Gasteiger partial charge is 0.0992 e. The first-order valence-corrected chi connectivity index (χ1v) is 5.43.